The molecule has 33 heavy (non-hydrogen) atoms. The number of hydrogen-bond acceptors (Lipinski definition) is 5. The van der Waals surface area contributed by atoms with Crippen molar-refractivity contribution in [3.8, 4) is 0 Å². The summed E-state index contributed by atoms with van der Waals surface area (Å²) in [7, 11) is 0. The standard InChI is InChI=1S/C25H32N2O6/c1-6-9-26(17-12-14(2)7-8-15(17)3)22(30)20-25-13-16(4)24(5,33-25)19(23(31)32)18(25)21(29)27(20)10-11-28/h6-8,12,16,18-20,28H,1,9-11,13H2,2-5H3,(H,31,32)/t16?,18-,19+,20?,24-,25?/m0/s1. The molecule has 1 aromatic rings. The molecule has 0 saturated carbocycles. The van der Waals surface area contributed by atoms with Crippen LogP contribution in [0, 0.1) is 31.6 Å². The fraction of sp³-hybridized carbons (Fsp3) is 0.560. The highest BCUT2D eigenvalue weighted by Crippen LogP contribution is 2.65. The first-order chi connectivity index (χ1) is 15.5. The average Bonchev–Trinajstić information content (AvgIpc) is 3.25. The van der Waals surface area contributed by atoms with Gasteiger partial charge in [0.05, 0.1) is 18.1 Å². The van der Waals surface area contributed by atoms with Crippen LogP contribution in [0.25, 0.3) is 0 Å². The minimum atomic E-state index is -1.25. The molecule has 3 aliphatic rings. The summed E-state index contributed by atoms with van der Waals surface area (Å²) in [5, 5.41) is 19.7. The number of carboxylic acids is 1. The number of nitrogens with zero attached hydrogens (tertiary/aromatic N) is 2. The molecule has 0 aromatic heterocycles. The van der Waals surface area contributed by atoms with Gasteiger partial charge in [-0.25, -0.2) is 0 Å². The van der Waals surface area contributed by atoms with Gasteiger partial charge in [-0.3, -0.25) is 14.4 Å². The number of carboxylic acid groups (broad SMARTS) is 1. The Bertz CT molecular complexity index is 1020. The van der Waals surface area contributed by atoms with Crippen LogP contribution in [-0.4, -0.2) is 69.8 Å². The number of β-amino-alcohol motifs (C(OH)–C–C–N with tert-alkyl or cyclic N) is 1. The topological polar surface area (TPSA) is 107 Å². The van der Waals surface area contributed by atoms with E-state index in [0.29, 0.717) is 12.1 Å². The van der Waals surface area contributed by atoms with Crippen LogP contribution in [0.15, 0.2) is 30.9 Å². The number of aliphatic hydroxyl groups excluding tert-OH is 1. The fourth-order valence-electron chi connectivity index (χ4n) is 6.34. The summed E-state index contributed by atoms with van der Waals surface area (Å²) in [6, 6.07) is 4.77. The van der Waals surface area contributed by atoms with Crippen LogP contribution in [-0.2, 0) is 19.1 Å². The SMILES string of the molecule is C=CCN(C(=O)C1N(CCO)C(=O)[C@@H]2[C@H](C(=O)O)[C@@]3(C)OC12CC3C)c1cc(C)ccc1C. The quantitative estimate of drug-likeness (QED) is 0.607. The van der Waals surface area contributed by atoms with Crippen LogP contribution in [0.4, 0.5) is 5.69 Å². The lowest BCUT2D eigenvalue weighted by Crippen LogP contribution is -2.57. The molecule has 3 heterocycles. The fourth-order valence-corrected chi connectivity index (χ4v) is 6.34. The van der Waals surface area contributed by atoms with Gasteiger partial charge in [0.1, 0.15) is 17.6 Å². The maximum atomic E-state index is 14.2. The number of carbonyl (C=O) groups excluding carboxylic acids is 2. The lowest BCUT2D eigenvalue weighted by atomic mass is 9.62. The molecule has 1 aromatic carbocycles. The van der Waals surface area contributed by atoms with Crippen LogP contribution >= 0.6 is 0 Å². The zero-order valence-corrected chi connectivity index (χ0v) is 19.6. The van der Waals surface area contributed by atoms with Crippen LogP contribution in [0.3, 0.4) is 0 Å². The Labute approximate surface area is 193 Å². The number of hydrogen-bond donors (Lipinski definition) is 2. The number of aliphatic carboxylic acids is 1. The second-order valence-corrected chi connectivity index (χ2v) is 9.82. The predicted molar refractivity (Wildman–Crippen MR) is 122 cm³/mol. The highest BCUT2D eigenvalue weighted by atomic mass is 16.5. The largest absolute Gasteiger partial charge is 0.481 e. The molecule has 1 spiro atoms. The lowest BCUT2D eigenvalue weighted by Gasteiger charge is -2.37. The summed E-state index contributed by atoms with van der Waals surface area (Å²) in [6.07, 6.45) is 2.02. The summed E-state index contributed by atoms with van der Waals surface area (Å²) in [5.41, 5.74) is 0.283. The van der Waals surface area contributed by atoms with Gasteiger partial charge >= 0.3 is 5.97 Å². The molecule has 3 aliphatic heterocycles. The zero-order chi connectivity index (χ0) is 24.3. The molecule has 2 bridgehead atoms. The Hall–Kier alpha value is -2.71. The molecule has 8 heteroatoms. The first kappa shape index (κ1) is 23.4. The summed E-state index contributed by atoms with van der Waals surface area (Å²) < 4.78 is 6.46. The summed E-state index contributed by atoms with van der Waals surface area (Å²) in [6.45, 7) is 11.1. The van der Waals surface area contributed by atoms with E-state index in [0.717, 1.165) is 11.1 Å². The van der Waals surface area contributed by atoms with Gasteiger partial charge in [-0.05, 0) is 50.3 Å². The number of benzene rings is 1. The van der Waals surface area contributed by atoms with Crippen LogP contribution in [0.1, 0.15) is 31.4 Å². The first-order valence-corrected chi connectivity index (χ1v) is 11.4. The maximum Gasteiger partial charge on any atom is 0.310 e. The van der Waals surface area contributed by atoms with Crippen molar-refractivity contribution in [2.75, 3.05) is 24.6 Å². The molecule has 3 fully saturated rings. The van der Waals surface area contributed by atoms with Crippen molar-refractivity contribution in [2.45, 2.75) is 51.4 Å². The lowest BCUT2D eigenvalue weighted by molar-refractivity contribution is -0.156. The first-order valence-electron chi connectivity index (χ1n) is 11.4. The van der Waals surface area contributed by atoms with Crippen LogP contribution in [0.5, 0.6) is 0 Å². The molecule has 178 valence electrons. The van der Waals surface area contributed by atoms with Gasteiger partial charge in [-0.15, -0.1) is 6.58 Å². The van der Waals surface area contributed by atoms with Gasteiger partial charge in [0.25, 0.3) is 5.91 Å². The van der Waals surface area contributed by atoms with Crippen LogP contribution in [0.2, 0.25) is 0 Å². The number of likely N-dealkylation sites (tertiary alicyclic amines) is 1. The number of aliphatic hydroxyl groups is 1. The van der Waals surface area contributed by atoms with E-state index < -0.39 is 41.0 Å². The number of amides is 2. The molecule has 6 atom stereocenters. The molecule has 8 nitrogen and oxygen atoms in total. The van der Waals surface area contributed by atoms with E-state index in [4.69, 9.17) is 4.74 Å². The van der Waals surface area contributed by atoms with Gasteiger partial charge in [0.2, 0.25) is 5.91 Å². The predicted octanol–water partition coefficient (Wildman–Crippen LogP) is 1.91. The summed E-state index contributed by atoms with van der Waals surface area (Å²) >= 11 is 0. The van der Waals surface area contributed by atoms with Crippen molar-refractivity contribution in [2.24, 2.45) is 17.8 Å². The Morgan fingerprint density at radius 3 is 2.67 bits per heavy atom. The monoisotopic (exact) mass is 456 g/mol. The van der Waals surface area contributed by atoms with Gasteiger partial charge in [-0.1, -0.05) is 25.1 Å². The zero-order valence-electron chi connectivity index (χ0n) is 19.6. The maximum absolute atomic E-state index is 14.2. The van der Waals surface area contributed by atoms with Crippen molar-refractivity contribution in [3.63, 3.8) is 0 Å². The molecule has 3 saturated heterocycles. The number of rotatable bonds is 7. The van der Waals surface area contributed by atoms with Gasteiger partial charge in [0.15, 0.2) is 0 Å². The average molecular weight is 457 g/mol. The minimum Gasteiger partial charge on any atom is -0.481 e. The summed E-state index contributed by atoms with van der Waals surface area (Å²) in [5.74, 6) is -4.07. The Morgan fingerprint density at radius 2 is 2.06 bits per heavy atom. The van der Waals surface area contributed by atoms with Crippen molar-refractivity contribution in [3.05, 3.63) is 42.0 Å². The third kappa shape index (κ3) is 3.14. The Kier molecular flexibility index (Phi) is 5.65. The molecule has 0 radical (unpaired) electrons. The second kappa shape index (κ2) is 7.95. The number of anilines is 1. The van der Waals surface area contributed by atoms with Crippen molar-refractivity contribution in [1.29, 1.82) is 0 Å². The molecular weight excluding hydrogens is 424 g/mol. The summed E-state index contributed by atoms with van der Waals surface area (Å²) in [4.78, 5) is 43.0. The highest BCUT2D eigenvalue weighted by Gasteiger charge is 2.80. The molecule has 0 aliphatic carbocycles. The van der Waals surface area contributed by atoms with Crippen molar-refractivity contribution >= 4 is 23.5 Å². The molecule has 2 amide bonds. The molecule has 4 rings (SSSR count). The van der Waals surface area contributed by atoms with Gasteiger partial charge in [-0.2, -0.15) is 0 Å². The Balaban J connectivity index is 1.86. The van der Waals surface area contributed by atoms with E-state index in [2.05, 4.69) is 6.58 Å². The second-order valence-electron chi connectivity index (χ2n) is 9.82. The van der Waals surface area contributed by atoms with Gasteiger partial charge < -0.3 is 24.7 Å². The number of aryl methyl sites for hydroxylation is 2. The van der Waals surface area contributed by atoms with E-state index >= 15 is 0 Å². The highest BCUT2D eigenvalue weighted by molar-refractivity contribution is 6.05. The smallest absolute Gasteiger partial charge is 0.310 e. The normalized spacial score (nSPS) is 34.5. The van der Waals surface area contributed by atoms with E-state index in [1.807, 2.05) is 39.0 Å². The van der Waals surface area contributed by atoms with E-state index in [1.54, 1.807) is 17.9 Å². The molecule has 3 unspecified atom stereocenters. The number of ether oxygens (including phenoxy) is 1. The third-order valence-corrected chi connectivity index (χ3v) is 7.89. The number of fused-ring (bicyclic) bond motifs is 1. The minimum absolute atomic E-state index is 0.0665. The van der Waals surface area contributed by atoms with E-state index in [-0.39, 0.29) is 31.5 Å². The molecular formula is C25H32N2O6. The third-order valence-electron chi connectivity index (χ3n) is 7.89. The van der Waals surface area contributed by atoms with Crippen LogP contribution < -0.4 is 4.90 Å². The van der Waals surface area contributed by atoms with Crippen molar-refractivity contribution in [1.82, 2.24) is 4.90 Å². The molecule has 2 N–H and O–H groups in total. The van der Waals surface area contributed by atoms with E-state index in [9.17, 15) is 24.6 Å². The van der Waals surface area contributed by atoms with Crippen molar-refractivity contribution < 1.29 is 29.3 Å². The van der Waals surface area contributed by atoms with Gasteiger partial charge in [0, 0.05) is 18.8 Å². The Morgan fingerprint density at radius 1 is 1.36 bits per heavy atom. The van der Waals surface area contributed by atoms with E-state index in [1.165, 1.54) is 4.90 Å². The number of carbonyl (C=O) groups is 3.